The molecule has 1 fully saturated rings. The maximum absolute atomic E-state index is 13.1. The predicted molar refractivity (Wildman–Crippen MR) is 94.2 cm³/mol. The highest BCUT2D eigenvalue weighted by Crippen LogP contribution is 2.34. The van der Waals surface area contributed by atoms with Crippen LogP contribution in [0.4, 0.5) is 18.0 Å². The first-order chi connectivity index (χ1) is 13.0. The van der Waals surface area contributed by atoms with Gasteiger partial charge in [-0.2, -0.15) is 23.5 Å². The first kappa shape index (κ1) is 19.7. The van der Waals surface area contributed by atoms with Crippen LogP contribution in [0.15, 0.2) is 30.6 Å². The number of ether oxygens (including phenoxy) is 1. The second-order valence-electron chi connectivity index (χ2n) is 7.66. The number of carbonyl (C=O) groups excluding carboxylic acids is 1. The number of likely N-dealkylation sites (tertiary alicyclic amines) is 1. The molecule has 0 unspecified atom stereocenters. The Kier molecular flexibility index (Phi) is 4.83. The zero-order valence-corrected chi connectivity index (χ0v) is 15.6. The normalized spacial score (nSPS) is 15.1. The van der Waals surface area contributed by atoms with Gasteiger partial charge < -0.3 is 9.64 Å². The summed E-state index contributed by atoms with van der Waals surface area (Å²) in [5.74, 6) is 0. The van der Waals surface area contributed by atoms with Crippen molar-refractivity contribution in [2.24, 2.45) is 0 Å². The molecule has 2 heterocycles. The minimum atomic E-state index is -4.54. The summed E-state index contributed by atoms with van der Waals surface area (Å²) in [6.45, 7) is 6.16. The van der Waals surface area contributed by atoms with E-state index in [4.69, 9.17) is 10.00 Å². The molecule has 0 spiro atoms. The zero-order chi connectivity index (χ0) is 20.7. The fourth-order valence-electron chi connectivity index (χ4n) is 2.81. The number of alkyl halides is 3. The Morgan fingerprint density at radius 1 is 1.21 bits per heavy atom. The first-order valence-electron chi connectivity index (χ1n) is 8.61. The lowest BCUT2D eigenvalue weighted by Crippen LogP contribution is -2.52. The van der Waals surface area contributed by atoms with E-state index in [0.717, 1.165) is 12.1 Å². The second-order valence-corrected chi connectivity index (χ2v) is 7.66. The third-order valence-electron chi connectivity index (χ3n) is 4.21. The van der Waals surface area contributed by atoms with Crippen LogP contribution in [0.1, 0.15) is 37.9 Å². The number of rotatable bonds is 2. The maximum atomic E-state index is 13.1. The first-order valence-corrected chi connectivity index (χ1v) is 8.61. The summed E-state index contributed by atoms with van der Waals surface area (Å²) < 4.78 is 46.1. The van der Waals surface area contributed by atoms with Crippen LogP contribution in [-0.4, -0.2) is 39.5 Å². The Bertz CT molecular complexity index is 932. The van der Waals surface area contributed by atoms with Crippen LogP contribution in [0, 0.1) is 11.3 Å². The van der Waals surface area contributed by atoms with E-state index >= 15 is 0 Å². The molecule has 0 N–H and O–H groups in total. The van der Waals surface area contributed by atoms with E-state index in [2.05, 4.69) is 5.10 Å². The maximum Gasteiger partial charge on any atom is 0.416 e. The molecule has 0 radical (unpaired) electrons. The SMILES string of the molecule is CC(C)(C)OC(=O)N1CC(n2cc(-c3cc(C#N)cc(C(F)(F)F)c3)cn2)C1. The van der Waals surface area contributed by atoms with Gasteiger partial charge in [-0.3, -0.25) is 4.68 Å². The van der Waals surface area contributed by atoms with Gasteiger partial charge in [-0.15, -0.1) is 0 Å². The minimum absolute atomic E-state index is 0.0719. The summed E-state index contributed by atoms with van der Waals surface area (Å²) in [7, 11) is 0. The van der Waals surface area contributed by atoms with Gasteiger partial charge in [-0.1, -0.05) is 0 Å². The number of benzene rings is 1. The Labute approximate surface area is 160 Å². The van der Waals surface area contributed by atoms with Crippen LogP contribution >= 0.6 is 0 Å². The fraction of sp³-hybridized carbons (Fsp3) is 0.421. The van der Waals surface area contributed by atoms with Gasteiger partial charge in [-0.25, -0.2) is 4.79 Å². The van der Waals surface area contributed by atoms with Gasteiger partial charge in [0.05, 0.1) is 29.4 Å². The Hall–Kier alpha value is -3.02. The van der Waals surface area contributed by atoms with Crippen LogP contribution in [0.5, 0.6) is 0 Å². The molecule has 1 aromatic carbocycles. The largest absolute Gasteiger partial charge is 0.444 e. The highest BCUT2D eigenvalue weighted by molar-refractivity contribution is 5.69. The number of carbonyl (C=O) groups is 1. The number of aromatic nitrogens is 2. The van der Waals surface area contributed by atoms with E-state index in [1.807, 2.05) is 0 Å². The third kappa shape index (κ3) is 4.27. The lowest BCUT2D eigenvalue weighted by atomic mass is 10.0. The van der Waals surface area contributed by atoms with Crippen LogP contribution in [0.2, 0.25) is 0 Å². The molecule has 2 aromatic rings. The summed E-state index contributed by atoms with van der Waals surface area (Å²) in [4.78, 5) is 13.5. The number of hydrogen-bond donors (Lipinski definition) is 0. The van der Waals surface area contributed by atoms with Crippen molar-refractivity contribution in [2.75, 3.05) is 13.1 Å². The van der Waals surface area contributed by atoms with Gasteiger partial charge >= 0.3 is 12.3 Å². The van der Waals surface area contributed by atoms with Gasteiger partial charge in [-0.05, 0) is 44.5 Å². The molecule has 6 nitrogen and oxygen atoms in total. The molecular weight excluding hydrogens is 373 g/mol. The van der Waals surface area contributed by atoms with Gasteiger partial charge in [0.1, 0.15) is 5.60 Å². The second kappa shape index (κ2) is 6.86. The molecular formula is C19H19F3N4O2. The van der Waals surface area contributed by atoms with E-state index in [-0.39, 0.29) is 17.2 Å². The van der Waals surface area contributed by atoms with E-state index in [0.29, 0.717) is 18.7 Å². The molecule has 9 heteroatoms. The van der Waals surface area contributed by atoms with Gasteiger partial charge in [0.15, 0.2) is 0 Å². The average molecular weight is 392 g/mol. The molecule has 1 saturated heterocycles. The molecule has 0 bridgehead atoms. The summed E-state index contributed by atoms with van der Waals surface area (Å²) >= 11 is 0. The minimum Gasteiger partial charge on any atom is -0.444 e. The van der Waals surface area contributed by atoms with Gasteiger partial charge in [0, 0.05) is 24.8 Å². The van der Waals surface area contributed by atoms with E-state index in [9.17, 15) is 18.0 Å². The van der Waals surface area contributed by atoms with Crippen molar-refractivity contribution in [3.63, 3.8) is 0 Å². The van der Waals surface area contributed by atoms with E-state index < -0.39 is 23.4 Å². The van der Waals surface area contributed by atoms with Crippen molar-refractivity contribution in [3.05, 3.63) is 41.7 Å². The molecule has 0 saturated carbocycles. The number of nitrogens with zero attached hydrogens (tertiary/aromatic N) is 4. The number of nitriles is 1. The van der Waals surface area contributed by atoms with Crippen molar-refractivity contribution < 1.29 is 22.7 Å². The molecule has 0 atom stereocenters. The Balaban J connectivity index is 1.74. The number of amides is 1. The van der Waals surface area contributed by atoms with Crippen molar-refractivity contribution >= 4 is 6.09 Å². The fourth-order valence-corrected chi connectivity index (χ4v) is 2.81. The summed E-state index contributed by atoms with van der Waals surface area (Å²) in [5.41, 5.74) is -0.797. The molecule has 148 valence electrons. The van der Waals surface area contributed by atoms with Crippen LogP contribution in [0.3, 0.4) is 0 Å². The quantitative estimate of drug-likeness (QED) is 0.767. The van der Waals surface area contributed by atoms with Gasteiger partial charge in [0.25, 0.3) is 0 Å². The molecule has 1 aliphatic heterocycles. The van der Waals surface area contributed by atoms with Crippen LogP contribution in [0.25, 0.3) is 11.1 Å². The third-order valence-corrected chi connectivity index (χ3v) is 4.21. The number of halogens is 3. The van der Waals surface area contributed by atoms with Crippen LogP contribution < -0.4 is 0 Å². The highest BCUT2D eigenvalue weighted by Gasteiger charge is 2.35. The molecule has 1 aromatic heterocycles. The van der Waals surface area contributed by atoms with E-state index in [1.165, 1.54) is 17.2 Å². The molecule has 0 aliphatic carbocycles. The lowest BCUT2D eigenvalue weighted by molar-refractivity contribution is -0.137. The Morgan fingerprint density at radius 2 is 1.89 bits per heavy atom. The Morgan fingerprint density at radius 3 is 2.46 bits per heavy atom. The summed E-state index contributed by atoms with van der Waals surface area (Å²) in [6.07, 6.45) is -1.88. The van der Waals surface area contributed by atoms with Crippen LogP contribution in [-0.2, 0) is 10.9 Å². The van der Waals surface area contributed by atoms with Crippen molar-refractivity contribution in [1.82, 2.24) is 14.7 Å². The molecule has 1 aliphatic rings. The number of hydrogen-bond acceptors (Lipinski definition) is 4. The van der Waals surface area contributed by atoms with Gasteiger partial charge in [0.2, 0.25) is 0 Å². The topological polar surface area (TPSA) is 71.2 Å². The predicted octanol–water partition coefficient (Wildman–Crippen LogP) is 4.23. The molecule has 28 heavy (non-hydrogen) atoms. The molecule has 1 amide bonds. The average Bonchev–Trinajstić information content (AvgIpc) is 3.00. The zero-order valence-electron chi connectivity index (χ0n) is 15.6. The van der Waals surface area contributed by atoms with Crippen molar-refractivity contribution in [3.8, 4) is 17.2 Å². The van der Waals surface area contributed by atoms with Crippen molar-refractivity contribution in [1.29, 1.82) is 5.26 Å². The lowest BCUT2D eigenvalue weighted by Gasteiger charge is -2.39. The standard InChI is InChI=1S/C19H19F3N4O2/c1-18(2,3)28-17(27)25-10-16(11-25)26-9-14(8-24-26)13-4-12(7-23)5-15(6-13)19(20,21)22/h4-6,8-9,16H,10-11H2,1-3H3. The summed E-state index contributed by atoms with van der Waals surface area (Å²) in [6, 6.07) is 4.88. The highest BCUT2D eigenvalue weighted by atomic mass is 19.4. The molecule has 3 rings (SSSR count). The monoisotopic (exact) mass is 392 g/mol. The van der Waals surface area contributed by atoms with E-state index in [1.54, 1.807) is 37.7 Å². The van der Waals surface area contributed by atoms with Crippen molar-refractivity contribution in [2.45, 2.75) is 38.6 Å². The smallest absolute Gasteiger partial charge is 0.416 e. The summed E-state index contributed by atoms with van der Waals surface area (Å²) in [5, 5.41) is 13.2.